The van der Waals surface area contributed by atoms with Crippen molar-refractivity contribution in [2.24, 2.45) is 0 Å². The number of pyridine rings is 1. The number of hydrogen-bond donors (Lipinski definition) is 2. The molecule has 2 N–H and O–H groups in total. The summed E-state index contributed by atoms with van der Waals surface area (Å²) in [5.41, 5.74) is 0.838. The third kappa shape index (κ3) is 5.77. The van der Waals surface area contributed by atoms with E-state index in [1.165, 1.54) is 23.5 Å². The highest BCUT2D eigenvalue weighted by molar-refractivity contribution is 7.73. The van der Waals surface area contributed by atoms with Crippen molar-refractivity contribution >= 4 is 45.7 Å². The molecule has 0 amide bonds. The van der Waals surface area contributed by atoms with Gasteiger partial charge >= 0.3 is 12.1 Å². The fourth-order valence-electron chi connectivity index (χ4n) is 2.88. The zero-order chi connectivity index (χ0) is 21.0. The molecule has 0 bridgehead atoms. The molecule has 0 aliphatic heterocycles. The highest BCUT2D eigenvalue weighted by Gasteiger charge is 2.30. The quantitative estimate of drug-likeness (QED) is 0.350. The fourth-order valence-corrected chi connectivity index (χ4v) is 3.93. The summed E-state index contributed by atoms with van der Waals surface area (Å²) in [4.78, 5) is 21.1. The molecule has 5 nitrogen and oxygen atoms in total. The second-order valence-corrected chi connectivity index (χ2v) is 8.17. The standard InChI is InChI=1S/C19H18F3N3O2S2/c20-19(21,22)13-6-4-12(5-7-13)11-25(10-2-1-3-16(26)27)15-9-8-14-17(24-15)29-18(28)23-14/h4-9H,1-3,10-11H2,(H,23,28)(H,26,27). The van der Waals surface area contributed by atoms with Crippen LogP contribution in [0.1, 0.15) is 30.4 Å². The molecule has 0 fully saturated rings. The van der Waals surface area contributed by atoms with Crippen LogP contribution in [-0.2, 0) is 17.5 Å². The van der Waals surface area contributed by atoms with E-state index in [4.69, 9.17) is 17.3 Å². The zero-order valence-electron chi connectivity index (χ0n) is 15.2. The fraction of sp³-hybridized carbons (Fsp3) is 0.316. The van der Waals surface area contributed by atoms with Crippen molar-refractivity contribution in [3.63, 3.8) is 0 Å². The summed E-state index contributed by atoms with van der Waals surface area (Å²) in [6, 6.07) is 8.71. The first-order chi connectivity index (χ1) is 13.7. The van der Waals surface area contributed by atoms with Crippen LogP contribution in [0.3, 0.4) is 0 Å². The van der Waals surface area contributed by atoms with E-state index in [9.17, 15) is 18.0 Å². The lowest BCUT2D eigenvalue weighted by Gasteiger charge is -2.24. The number of fused-ring (bicyclic) bond motifs is 1. The molecule has 154 valence electrons. The van der Waals surface area contributed by atoms with Gasteiger partial charge in [0, 0.05) is 19.5 Å². The lowest BCUT2D eigenvalue weighted by Crippen LogP contribution is -2.25. The number of aliphatic carboxylic acids is 1. The van der Waals surface area contributed by atoms with Gasteiger partial charge in [0.15, 0.2) is 3.95 Å². The molecule has 0 radical (unpaired) electrons. The van der Waals surface area contributed by atoms with Gasteiger partial charge in [-0.15, -0.1) is 0 Å². The Balaban J connectivity index is 1.81. The van der Waals surface area contributed by atoms with Crippen molar-refractivity contribution in [1.29, 1.82) is 0 Å². The molecule has 0 aliphatic rings. The van der Waals surface area contributed by atoms with Gasteiger partial charge in [-0.05, 0) is 54.9 Å². The number of aromatic amines is 1. The van der Waals surface area contributed by atoms with Crippen LogP contribution in [0.5, 0.6) is 0 Å². The highest BCUT2D eigenvalue weighted by atomic mass is 32.1. The van der Waals surface area contributed by atoms with Crippen LogP contribution in [0, 0.1) is 3.95 Å². The number of nitrogens with zero attached hydrogens (tertiary/aromatic N) is 2. The number of anilines is 1. The maximum Gasteiger partial charge on any atom is 0.416 e. The van der Waals surface area contributed by atoms with E-state index in [1.54, 1.807) is 0 Å². The summed E-state index contributed by atoms with van der Waals surface area (Å²) in [6.45, 7) is 0.891. The number of rotatable bonds is 8. The molecular formula is C19H18F3N3O2S2. The van der Waals surface area contributed by atoms with Gasteiger partial charge in [0.25, 0.3) is 0 Å². The SMILES string of the molecule is O=C(O)CCCCN(Cc1ccc(C(F)(F)F)cc1)c1ccc2[nH]c(=S)sc2n1. The van der Waals surface area contributed by atoms with Crippen LogP contribution < -0.4 is 4.90 Å². The molecule has 3 rings (SSSR count). The summed E-state index contributed by atoms with van der Waals surface area (Å²) < 4.78 is 39.0. The first kappa shape index (κ1) is 21.3. The van der Waals surface area contributed by atoms with Crippen molar-refractivity contribution < 1.29 is 23.1 Å². The number of aromatic nitrogens is 2. The predicted octanol–water partition coefficient (Wildman–Crippen LogP) is 5.63. The van der Waals surface area contributed by atoms with Gasteiger partial charge < -0.3 is 15.0 Å². The normalized spacial score (nSPS) is 11.7. The molecule has 0 aliphatic carbocycles. The summed E-state index contributed by atoms with van der Waals surface area (Å²) in [5, 5.41) is 8.81. The van der Waals surface area contributed by atoms with Gasteiger partial charge in [-0.3, -0.25) is 4.79 Å². The largest absolute Gasteiger partial charge is 0.481 e. The molecule has 0 unspecified atom stereocenters. The van der Waals surface area contributed by atoms with E-state index in [2.05, 4.69) is 9.97 Å². The van der Waals surface area contributed by atoms with Gasteiger partial charge in [0.2, 0.25) is 0 Å². The van der Waals surface area contributed by atoms with E-state index < -0.39 is 17.7 Å². The minimum Gasteiger partial charge on any atom is -0.481 e. The lowest BCUT2D eigenvalue weighted by molar-refractivity contribution is -0.138. The molecule has 0 saturated carbocycles. The highest BCUT2D eigenvalue weighted by Crippen LogP contribution is 2.29. The number of H-pyrrole nitrogens is 1. The van der Waals surface area contributed by atoms with E-state index in [1.807, 2.05) is 17.0 Å². The number of alkyl halides is 3. The van der Waals surface area contributed by atoms with Gasteiger partial charge in [-0.2, -0.15) is 13.2 Å². The molecule has 0 saturated heterocycles. The van der Waals surface area contributed by atoms with Crippen LogP contribution in [0.4, 0.5) is 19.0 Å². The van der Waals surface area contributed by atoms with Crippen LogP contribution in [0.15, 0.2) is 36.4 Å². The average molecular weight is 442 g/mol. The third-order valence-electron chi connectivity index (χ3n) is 4.32. The Morgan fingerprint density at radius 1 is 1.17 bits per heavy atom. The predicted molar refractivity (Wildman–Crippen MR) is 109 cm³/mol. The number of carboxylic acid groups (broad SMARTS) is 1. The van der Waals surface area contributed by atoms with Crippen molar-refractivity contribution in [3.05, 3.63) is 51.5 Å². The molecule has 1 aromatic carbocycles. The molecule has 2 aromatic heterocycles. The van der Waals surface area contributed by atoms with Crippen LogP contribution in [-0.4, -0.2) is 27.6 Å². The first-order valence-corrected chi connectivity index (χ1v) is 10.1. The molecule has 0 atom stereocenters. The zero-order valence-corrected chi connectivity index (χ0v) is 16.8. The number of carboxylic acids is 1. The molecule has 3 aromatic rings. The Kier molecular flexibility index (Phi) is 6.53. The second-order valence-electron chi connectivity index (χ2n) is 6.50. The van der Waals surface area contributed by atoms with Gasteiger partial charge in [-0.25, -0.2) is 4.98 Å². The van der Waals surface area contributed by atoms with Crippen molar-refractivity contribution in [1.82, 2.24) is 9.97 Å². The van der Waals surface area contributed by atoms with E-state index >= 15 is 0 Å². The Hall–Kier alpha value is -2.46. The average Bonchev–Trinajstić information content (AvgIpc) is 3.02. The topological polar surface area (TPSA) is 69.2 Å². The molecule has 29 heavy (non-hydrogen) atoms. The lowest BCUT2D eigenvalue weighted by atomic mass is 10.1. The minimum absolute atomic E-state index is 0.0692. The number of carbonyl (C=O) groups is 1. The molecule has 2 heterocycles. The van der Waals surface area contributed by atoms with Gasteiger partial charge in [0.05, 0.1) is 11.1 Å². The van der Waals surface area contributed by atoms with Crippen molar-refractivity contribution in [3.8, 4) is 0 Å². The Morgan fingerprint density at radius 2 is 1.90 bits per heavy atom. The first-order valence-electron chi connectivity index (χ1n) is 8.85. The number of benzene rings is 1. The van der Waals surface area contributed by atoms with Gasteiger partial charge in [0.1, 0.15) is 10.6 Å². The van der Waals surface area contributed by atoms with E-state index in [-0.39, 0.29) is 6.42 Å². The third-order valence-corrected chi connectivity index (χ3v) is 5.46. The number of hydrogen-bond acceptors (Lipinski definition) is 5. The Morgan fingerprint density at radius 3 is 2.55 bits per heavy atom. The second kappa shape index (κ2) is 8.91. The van der Waals surface area contributed by atoms with Gasteiger partial charge in [-0.1, -0.05) is 23.5 Å². The Bertz CT molecular complexity index is 1050. The number of unbranched alkanes of at least 4 members (excludes halogenated alkanes) is 1. The van der Waals surface area contributed by atoms with Crippen LogP contribution in [0.2, 0.25) is 0 Å². The smallest absolute Gasteiger partial charge is 0.416 e. The maximum atomic E-state index is 12.8. The monoisotopic (exact) mass is 441 g/mol. The van der Waals surface area contributed by atoms with Crippen LogP contribution in [0.25, 0.3) is 10.3 Å². The minimum atomic E-state index is -4.38. The molecule has 0 spiro atoms. The van der Waals surface area contributed by atoms with E-state index in [0.717, 1.165) is 22.5 Å². The summed E-state index contributed by atoms with van der Waals surface area (Å²) >= 11 is 6.49. The molecular weight excluding hydrogens is 423 g/mol. The molecule has 10 heteroatoms. The van der Waals surface area contributed by atoms with Crippen LogP contribution >= 0.6 is 23.6 Å². The number of thiazole rings is 1. The van der Waals surface area contributed by atoms with Crippen molar-refractivity contribution in [2.75, 3.05) is 11.4 Å². The summed E-state index contributed by atoms with van der Waals surface area (Å²) in [7, 11) is 0. The Labute approximate surface area is 173 Å². The summed E-state index contributed by atoms with van der Waals surface area (Å²) in [6.07, 6.45) is -3.18. The maximum absolute atomic E-state index is 12.8. The summed E-state index contributed by atoms with van der Waals surface area (Å²) in [5.74, 6) is -0.191. The number of nitrogens with one attached hydrogen (secondary N) is 1. The number of halogens is 3. The van der Waals surface area contributed by atoms with Crippen molar-refractivity contribution in [2.45, 2.75) is 32.0 Å². The van der Waals surface area contributed by atoms with E-state index in [0.29, 0.717) is 41.3 Å².